The molecule has 0 spiro atoms. The van der Waals surface area contributed by atoms with Crippen LogP contribution in [0, 0.1) is 5.82 Å². The number of carboxylic acids is 1. The van der Waals surface area contributed by atoms with Crippen molar-refractivity contribution in [2.75, 3.05) is 5.32 Å². The summed E-state index contributed by atoms with van der Waals surface area (Å²) in [6.45, 7) is 1.45. The van der Waals surface area contributed by atoms with E-state index in [0.29, 0.717) is 5.56 Å². The molecule has 1 aliphatic heterocycles. The van der Waals surface area contributed by atoms with Crippen molar-refractivity contribution in [2.45, 2.75) is 13.0 Å². The van der Waals surface area contributed by atoms with Gasteiger partial charge in [-0.2, -0.15) is 0 Å². The first kappa shape index (κ1) is 21.5. The molecular formula is C20H15FN2O5S2. The maximum atomic E-state index is 13.4. The van der Waals surface area contributed by atoms with Crippen molar-refractivity contribution in [3.05, 3.63) is 64.3 Å². The van der Waals surface area contributed by atoms with E-state index in [2.05, 4.69) is 5.32 Å². The Morgan fingerprint density at radius 2 is 2.00 bits per heavy atom. The highest BCUT2D eigenvalue weighted by atomic mass is 32.2. The van der Waals surface area contributed by atoms with Gasteiger partial charge in [-0.25, -0.2) is 9.18 Å². The van der Waals surface area contributed by atoms with Gasteiger partial charge < -0.3 is 15.5 Å². The molecule has 0 saturated carbocycles. The first-order valence-electron chi connectivity index (χ1n) is 8.57. The number of nitrogens with one attached hydrogen (secondary N) is 1. The number of phenols is 1. The standard InChI is InChI=1S/C20H15FN2O5S2/c1-10(17(25)22-15-6-5-13(24)9-14(15)19(27)28)23-18(26)16(30-20(23)29)8-11-3-2-4-12(21)7-11/h2-10,24H,1H3,(H,22,25)(H,27,28)/b16-8+/t10-/m0/s1. The predicted molar refractivity (Wildman–Crippen MR) is 115 cm³/mol. The Labute approximate surface area is 180 Å². The third-order valence-electron chi connectivity index (χ3n) is 4.23. The van der Waals surface area contributed by atoms with Crippen molar-refractivity contribution in [1.29, 1.82) is 0 Å². The van der Waals surface area contributed by atoms with Crippen LogP contribution < -0.4 is 5.32 Å². The number of aromatic carboxylic acids is 1. The molecule has 154 valence electrons. The molecule has 0 bridgehead atoms. The molecule has 0 aliphatic carbocycles. The zero-order chi connectivity index (χ0) is 22.0. The van der Waals surface area contributed by atoms with Crippen molar-refractivity contribution in [3.63, 3.8) is 0 Å². The molecule has 3 rings (SSSR count). The van der Waals surface area contributed by atoms with E-state index in [9.17, 15) is 29.0 Å². The van der Waals surface area contributed by atoms with Crippen molar-refractivity contribution < 1.29 is 29.0 Å². The number of amides is 2. The second kappa shape index (κ2) is 8.64. The van der Waals surface area contributed by atoms with E-state index in [1.807, 2.05) is 0 Å². The van der Waals surface area contributed by atoms with E-state index in [1.54, 1.807) is 6.07 Å². The van der Waals surface area contributed by atoms with Crippen molar-refractivity contribution in [2.24, 2.45) is 0 Å². The minimum atomic E-state index is -1.34. The number of carboxylic acid groups (broad SMARTS) is 1. The zero-order valence-corrected chi connectivity index (χ0v) is 17.1. The van der Waals surface area contributed by atoms with Crippen LogP contribution in [0.25, 0.3) is 6.08 Å². The van der Waals surface area contributed by atoms with Gasteiger partial charge >= 0.3 is 5.97 Å². The first-order valence-corrected chi connectivity index (χ1v) is 9.79. The van der Waals surface area contributed by atoms with Gasteiger partial charge in [0.05, 0.1) is 16.2 Å². The van der Waals surface area contributed by atoms with Crippen molar-refractivity contribution in [1.82, 2.24) is 4.90 Å². The maximum Gasteiger partial charge on any atom is 0.337 e. The highest BCUT2D eigenvalue weighted by Gasteiger charge is 2.38. The number of halogens is 1. The second-order valence-corrected chi connectivity index (χ2v) is 7.98. The Kier molecular flexibility index (Phi) is 6.18. The molecule has 0 unspecified atom stereocenters. The number of thioether (sulfide) groups is 1. The van der Waals surface area contributed by atoms with Crippen LogP contribution in [0.1, 0.15) is 22.8 Å². The molecule has 1 aliphatic rings. The lowest BCUT2D eigenvalue weighted by Crippen LogP contribution is -2.44. The monoisotopic (exact) mass is 446 g/mol. The SMILES string of the molecule is C[C@@H](C(=O)Nc1ccc(O)cc1C(=O)O)N1C(=O)/C(=C\c2cccc(F)c2)SC1=S. The lowest BCUT2D eigenvalue weighted by atomic mass is 10.1. The van der Waals surface area contributed by atoms with Gasteiger partial charge in [0.2, 0.25) is 5.91 Å². The average molecular weight is 446 g/mol. The molecule has 0 radical (unpaired) electrons. The lowest BCUT2D eigenvalue weighted by Gasteiger charge is -2.22. The van der Waals surface area contributed by atoms with E-state index >= 15 is 0 Å². The van der Waals surface area contributed by atoms with Crippen LogP contribution in [0.15, 0.2) is 47.4 Å². The molecule has 30 heavy (non-hydrogen) atoms. The molecule has 2 aromatic carbocycles. The number of hydrogen-bond donors (Lipinski definition) is 3. The summed E-state index contributed by atoms with van der Waals surface area (Å²) in [5.41, 5.74) is 0.146. The summed E-state index contributed by atoms with van der Waals surface area (Å²) in [4.78, 5) is 38.1. The molecule has 1 atom stereocenters. The Morgan fingerprint density at radius 3 is 2.67 bits per heavy atom. The molecule has 7 nitrogen and oxygen atoms in total. The Bertz CT molecular complexity index is 1100. The third-order valence-corrected chi connectivity index (χ3v) is 5.56. The number of anilines is 1. The summed E-state index contributed by atoms with van der Waals surface area (Å²) in [6.07, 6.45) is 1.48. The highest BCUT2D eigenvalue weighted by molar-refractivity contribution is 8.26. The minimum absolute atomic E-state index is 0.0297. The van der Waals surface area contributed by atoms with Crippen LogP contribution in [-0.4, -0.2) is 43.3 Å². The van der Waals surface area contributed by atoms with Crippen molar-refractivity contribution in [3.8, 4) is 5.75 Å². The maximum absolute atomic E-state index is 13.4. The number of aromatic hydroxyl groups is 1. The summed E-state index contributed by atoms with van der Waals surface area (Å²) in [5, 5.41) is 21.2. The first-order chi connectivity index (χ1) is 14.2. The fourth-order valence-corrected chi connectivity index (χ4v) is 4.15. The van der Waals surface area contributed by atoms with E-state index in [4.69, 9.17) is 12.2 Å². The van der Waals surface area contributed by atoms with E-state index in [-0.39, 0.29) is 26.2 Å². The smallest absolute Gasteiger partial charge is 0.337 e. The fourth-order valence-electron chi connectivity index (χ4n) is 2.73. The number of phenolic OH excluding ortho intramolecular Hbond substituents is 1. The second-order valence-electron chi connectivity index (χ2n) is 6.31. The highest BCUT2D eigenvalue weighted by Crippen LogP contribution is 2.34. The molecule has 3 N–H and O–H groups in total. The Morgan fingerprint density at radius 1 is 1.27 bits per heavy atom. The van der Waals surface area contributed by atoms with Gasteiger partial charge in [-0.15, -0.1) is 0 Å². The average Bonchev–Trinajstić information content (AvgIpc) is 2.95. The van der Waals surface area contributed by atoms with Crippen molar-refractivity contribution >= 4 is 57.8 Å². The molecule has 1 heterocycles. The van der Waals surface area contributed by atoms with Crippen LogP contribution in [0.5, 0.6) is 5.75 Å². The lowest BCUT2D eigenvalue weighted by molar-refractivity contribution is -0.129. The van der Waals surface area contributed by atoms with Gasteiger partial charge in [0.15, 0.2) is 0 Å². The number of carbonyl (C=O) groups excluding carboxylic acids is 2. The molecular weight excluding hydrogens is 431 g/mol. The van der Waals surface area contributed by atoms with Crippen LogP contribution in [0.4, 0.5) is 10.1 Å². The third kappa shape index (κ3) is 4.50. The van der Waals surface area contributed by atoms with Crippen LogP contribution in [0.3, 0.4) is 0 Å². The number of benzene rings is 2. The number of thiocarbonyl (C=S) groups is 1. The summed E-state index contributed by atoms with van der Waals surface area (Å²) < 4.78 is 13.5. The van der Waals surface area contributed by atoms with Crippen LogP contribution in [0.2, 0.25) is 0 Å². The van der Waals surface area contributed by atoms with Crippen LogP contribution in [-0.2, 0) is 9.59 Å². The van der Waals surface area contributed by atoms with E-state index in [1.165, 1.54) is 43.3 Å². The molecule has 1 fully saturated rings. The van der Waals surface area contributed by atoms with Gasteiger partial charge in [0.25, 0.3) is 5.91 Å². The zero-order valence-electron chi connectivity index (χ0n) is 15.5. The Balaban J connectivity index is 1.80. The molecule has 10 heteroatoms. The summed E-state index contributed by atoms with van der Waals surface area (Å²) in [6, 6.07) is 8.13. The molecule has 2 amide bonds. The topological polar surface area (TPSA) is 107 Å². The number of nitrogens with zero attached hydrogens (tertiary/aromatic N) is 1. The predicted octanol–water partition coefficient (Wildman–Crippen LogP) is 3.46. The number of carbonyl (C=O) groups is 3. The molecule has 0 aromatic heterocycles. The Hall–Kier alpha value is -3.24. The van der Waals surface area contributed by atoms with E-state index in [0.717, 1.165) is 22.7 Å². The minimum Gasteiger partial charge on any atom is -0.508 e. The van der Waals surface area contributed by atoms with Gasteiger partial charge in [-0.05, 0) is 48.9 Å². The van der Waals surface area contributed by atoms with Gasteiger partial charge in [-0.3, -0.25) is 14.5 Å². The molecule has 1 saturated heterocycles. The normalized spacial score (nSPS) is 16.1. The van der Waals surface area contributed by atoms with Gasteiger partial charge in [-0.1, -0.05) is 36.1 Å². The van der Waals surface area contributed by atoms with Gasteiger partial charge in [0, 0.05) is 0 Å². The summed E-state index contributed by atoms with van der Waals surface area (Å²) in [5.74, 6) is -3.22. The largest absolute Gasteiger partial charge is 0.508 e. The summed E-state index contributed by atoms with van der Waals surface area (Å²) >= 11 is 6.21. The van der Waals surface area contributed by atoms with Gasteiger partial charge in [0.1, 0.15) is 21.9 Å². The number of rotatable bonds is 5. The van der Waals surface area contributed by atoms with E-state index < -0.39 is 29.6 Å². The summed E-state index contributed by atoms with van der Waals surface area (Å²) in [7, 11) is 0. The van der Waals surface area contributed by atoms with Crippen LogP contribution >= 0.6 is 24.0 Å². The quantitative estimate of drug-likeness (QED) is 0.367. The number of hydrogen-bond acceptors (Lipinski definition) is 6. The molecule has 2 aromatic rings. The fraction of sp³-hybridized carbons (Fsp3) is 0.100.